The molecule has 1 fully saturated rings. The van der Waals surface area contributed by atoms with E-state index in [2.05, 4.69) is 5.10 Å². The van der Waals surface area contributed by atoms with Gasteiger partial charge in [0, 0.05) is 6.21 Å². The van der Waals surface area contributed by atoms with Crippen molar-refractivity contribution in [1.29, 1.82) is 0 Å². The van der Waals surface area contributed by atoms with Crippen LogP contribution in [-0.2, 0) is 11.2 Å². The van der Waals surface area contributed by atoms with Crippen LogP contribution in [0.5, 0.6) is 0 Å². The van der Waals surface area contributed by atoms with Gasteiger partial charge in [0.05, 0.1) is 6.04 Å². The molecule has 0 bridgehead atoms. The summed E-state index contributed by atoms with van der Waals surface area (Å²) in [5.41, 5.74) is 1.19. The van der Waals surface area contributed by atoms with Crippen LogP contribution in [0.15, 0.2) is 35.4 Å². The number of benzene rings is 1. The lowest BCUT2D eigenvalue weighted by Crippen LogP contribution is -2.30. The van der Waals surface area contributed by atoms with Crippen molar-refractivity contribution in [3.05, 3.63) is 35.9 Å². The summed E-state index contributed by atoms with van der Waals surface area (Å²) in [4.78, 5) is 11.5. The molecule has 1 aliphatic rings. The molecule has 0 spiro atoms. The van der Waals surface area contributed by atoms with Crippen molar-refractivity contribution in [3.63, 3.8) is 0 Å². The number of hydrogen-bond acceptors (Lipinski definition) is 3. The maximum absolute atomic E-state index is 11.5. The van der Waals surface area contributed by atoms with E-state index in [0.29, 0.717) is 6.61 Å². The molecular formula is C13H16N2O2. The van der Waals surface area contributed by atoms with E-state index in [9.17, 15) is 4.79 Å². The third kappa shape index (κ3) is 2.84. The molecule has 1 saturated heterocycles. The molecule has 90 valence electrons. The highest BCUT2D eigenvalue weighted by atomic mass is 16.6. The Hall–Kier alpha value is -1.84. The molecule has 1 atom stereocenters. The van der Waals surface area contributed by atoms with Crippen LogP contribution in [0.1, 0.15) is 18.9 Å². The van der Waals surface area contributed by atoms with Gasteiger partial charge in [0.25, 0.3) is 0 Å². The van der Waals surface area contributed by atoms with Crippen molar-refractivity contribution in [2.45, 2.75) is 25.8 Å². The first-order valence-corrected chi connectivity index (χ1v) is 5.83. The Labute approximate surface area is 101 Å². The molecule has 1 heterocycles. The zero-order valence-corrected chi connectivity index (χ0v) is 9.87. The van der Waals surface area contributed by atoms with Gasteiger partial charge in [0.15, 0.2) is 0 Å². The highest BCUT2D eigenvalue weighted by Crippen LogP contribution is 2.17. The Balaban J connectivity index is 2.05. The Morgan fingerprint density at radius 2 is 2.24 bits per heavy atom. The van der Waals surface area contributed by atoms with E-state index in [-0.39, 0.29) is 12.1 Å². The van der Waals surface area contributed by atoms with Crippen molar-refractivity contribution in [2.75, 3.05) is 6.61 Å². The third-order valence-electron chi connectivity index (χ3n) is 2.63. The number of cyclic esters (lactones) is 1. The van der Waals surface area contributed by atoms with Crippen molar-refractivity contribution < 1.29 is 9.53 Å². The molecule has 1 amide bonds. The normalized spacial score (nSPS) is 19.9. The standard InChI is InChI=1S/C13H16N2O2/c1-2-8-14-15-12(10-17-13(15)16)9-11-6-4-3-5-7-11/h3-8,12H,2,9-10H2,1H3/b14-8+/t12-/m0/s1. The third-order valence-corrected chi connectivity index (χ3v) is 2.63. The largest absolute Gasteiger partial charge is 0.446 e. The first-order valence-electron chi connectivity index (χ1n) is 5.83. The number of amides is 1. The Kier molecular flexibility index (Phi) is 3.75. The van der Waals surface area contributed by atoms with E-state index in [0.717, 1.165) is 12.8 Å². The number of carbonyl (C=O) groups excluding carboxylic acids is 1. The molecule has 0 unspecified atom stereocenters. The minimum atomic E-state index is -0.351. The van der Waals surface area contributed by atoms with Crippen LogP contribution in [0.3, 0.4) is 0 Å². The highest BCUT2D eigenvalue weighted by Gasteiger charge is 2.32. The number of hydrogen-bond donors (Lipinski definition) is 0. The molecule has 17 heavy (non-hydrogen) atoms. The van der Waals surface area contributed by atoms with Gasteiger partial charge < -0.3 is 4.74 Å². The Bertz CT molecular complexity index is 403. The molecule has 4 nitrogen and oxygen atoms in total. The summed E-state index contributed by atoms with van der Waals surface area (Å²) in [7, 11) is 0. The second-order valence-corrected chi connectivity index (χ2v) is 3.97. The van der Waals surface area contributed by atoms with E-state index in [4.69, 9.17) is 4.74 Å². The fourth-order valence-electron chi connectivity index (χ4n) is 1.80. The summed E-state index contributed by atoms with van der Waals surface area (Å²) < 4.78 is 5.02. The van der Waals surface area contributed by atoms with Gasteiger partial charge in [-0.05, 0) is 18.4 Å². The van der Waals surface area contributed by atoms with Gasteiger partial charge >= 0.3 is 6.09 Å². The van der Waals surface area contributed by atoms with E-state index < -0.39 is 0 Å². The number of nitrogens with zero attached hydrogens (tertiary/aromatic N) is 2. The predicted molar refractivity (Wildman–Crippen MR) is 65.9 cm³/mol. The van der Waals surface area contributed by atoms with Crippen LogP contribution in [-0.4, -0.2) is 30.0 Å². The Morgan fingerprint density at radius 3 is 2.94 bits per heavy atom. The first-order chi connectivity index (χ1) is 8.31. The average molecular weight is 232 g/mol. The lowest BCUT2D eigenvalue weighted by Gasteiger charge is -2.15. The number of hydrazone groups is 1. The predicted octanol–water partition coefficient (Wildman–Crippen LogP) is 2.45. The van der Waals surface area contributed by atoms with Crippen molar-refractivity contribution in [2.24, 2.45) is 5.10 Å². The van der Waals surface area contributed by atoms with E-state index in [1.54, 1.807) is 6.21 Å². The van der Waals surface area contributed by atoms with Crippen LogP contribution in [0.25, 0.3) is 0 Å². The highest BCUT2D eigenvalue weighted by molar-refractivity contribution is 5.71. The van der Waals surface area contributed by atoms with Gasteiger partial charge in [-0.1, -0.05) is 37.3 Å². The van der Waals surface area contributed by atoms with Crippen molar-refractivity contribution >= 4 is 12.3 Å². The summed E-state index contributed by atoms with van der Waals surface area (Å²) in [6.07, 6.45) is 2.95. The van der Waals surface area contributed by atoms with Gasteiger partial charge in [0.1, 0.15) is 6.61 Å². The molecule has 1 aromatic rings. The number of carbonyl (C=O) groups is 1. The monoisotopic (exact) mass is 232 g/mol. The van der Waals surface area contributed by atoms with Gasteiger partial charge in [-0.15, -0.1) is 0 Å². The van der Waals surface area contributed by atoms with Crippen molar-refractivity contribution in [1.82, 2.24) is 5.01 Å². The second kappa shape index (κ2) is 5.48. The van der Waals surface area contributed by atoms with Crippen LogP contribution in [0.4, 0.5) is 4.79 Å². The molecule has 0 aliphatic carbocycles. The van der Waals surface area contributed by atoms with Crippen molar-refractivity contribution in [3.8, 4) is 0 Å². The molecule has 0 saturated carbocycles. The average Bonchev–Trinajstić information content (AvgIpc) is 2.69. The molecule has 0 aromatic heterocycles. The first kappa shape index (κ1) is 11.6. The van der Waals surface area contributed by atoms with E-state index in [1.165, 1.54) is 10.6 Å². The summed E-state index contributed by atoms with van der Waals surface area (Å²) >= 11 is 0. The van der Waals surface area contributed by atoms with Crippen LogP contribution >= 0.6 is 0 Å². The molecule has 1 aromatic carbocycles. The maximum atomic E-state index is 11.5. The Morgan fingerprint density at radius 1 is 1.47 bits per heavy atom. The van der Waals surface area contributed by atoms with Gasteiger partial charge in [-0.25, -0.2) is 4.79 Å². The summed E-state index contributed by atoms with van der Waals surface area (Å²) in [5.74, 6) is 0. The minimum Gasteiger partial charge on any atom is -0.446 e. The molecular weight excluding hydrogens is 216 g/mol. The fraction of sp³-hybridized carbons (Fsp3) is 0.385. The van der Waals surface area contributed by atoms with Crippen LogP contribution in [0, 0.1) is 0 Å². The molecule has 0 radical (unpaired) electrons. The fourth-order valence-corrected chi connectivity index (χ4v) is 1.80. The minimum absolute atomic E-state index is 0.00713. The lowest BCUT2D eigenvalue weighted by atomic mass is 10.1. The molecule has 2 rings (SSSR count). The number of rotatable bonds is 4. The SMILES string of the molecule is CC/C=N/N1C(=O)OC[C@@H]1Cc1ccccc1. The van der Waals surface area contributed by atoms with Gasteiger partial charge in [0.2, 0.25) is 0 Å². The van der Waals surface area contributed by atoms with Gasteiger partial charge in [-0.3, -0.25) is 0 Å². The summed E-state index contributed by atoms with van der Waals surface area (Å²) in [5, 5.41) is 5.58. The van der Waals surface area contributed by atoms with Crippen LogP contribution in [0.2, 0.25) is 0 Å². The molecule has 4 heteroatoms. The topological polar surface area (TPSA) is 41.9 Å². The summed E-state index contributed by atoms with van der Waals surface area (Å²) in [6.45, 7) is 2.39. The quantitative estimate of drug-likeness (QED) is 0.748. The maximum Gasteiger partial charge on any atom is 0.430 e. The molecule has 0 N–H and O–H groups in total. The smallest absolute Gasteiger partial charge is 0.430 e. The zero-order chi connectivity index (χ0) is 12.1. The summed E-state index contributed by atoms with van der Waals surface area (Å²) in [6, 6.07) is 10.1. The molecule has 1 aliphatic heterocycles. The second-order valence-electron chi connectivity index (χ2n) is 3.97. The van der Waals surface area contributed by atoms with Crippen LogP contribution < -0.4 is 0 Å². The van der Waals surface area contributed by atoms with Gasteiger partial charge in [-0.2, -0.15) is 10.1 Å². The zero-order valence-electron chi connectivity index (χ0n) is 9.87. The van der Waals surface area contributed by atoms with E-state index >= 15 is 0 Å². The van der Waals surface area contributed by atoms with E-state index in [1.807, 2.05) is 37.3 Å². The lowest BCUT2D eigenvalue weighted by molar-refractivity contribution is 0.159. The number of ether oxygens (including phenoxy) is 1.